The molecule has 0 heterocycles. The van der Waals surface area contributed by atoms with Crippen LogP contribution in [0.2, 0.25) is 0 Å². The third-order valence-electron chi connectivity index (χ3n) is 2.70. The van der Waals surface area contributed by atoms with E-state index in [1.54, 1.807) is 6.07 Å². The Balaban J connectivity index is 3.12. The van der Waals surface area contributed by atoms with Gasteiger partial charge in [0.25, 0.3) is 0 Å². The average molecular weight is 276 g/mol. The Morgan fingerprint density at radius 1 is 1.53 bits per heavy atom. The van der Waals surface area contributed by atoms with Gasteiger partial charge in [0.1, 0.15) is 5.82 Å². The molecule has 2 nitrogen and oxygen atoms in total. The van der Waals surface area contributed by atoms with E-state index in [9.17, 15) is 4.39 Å². The molecule has 4 heteroatoms. The maximum atomic E-state index is 12.9. The molecule has 3 N–H and O–H groups in total. The highest BCUT2D eigenvalue weighted by atomic mass is 79.9. The molecule has 0 saturated carbocycles. The van der Waals surface area contributed by atoms with Gasteiger partial charge in [-0.05, 0) is 24.1 Å². The van der Waals surface area contributed by atoms with Crippen molar-refractivity contribution in [2.45, 2.75) is 18.8 Å². The first-order valence-electron chi connectivity index (χ1n) is 4.80. The van der Waals surface area contributed by atoms with E-state index in [0.717, 1.165) is 5.56 Å². The first-order chi connectivity index (χ1) is 7.03. The summed E-state index contributed by atoms with van der Waals surface area (Å²) in [6.07, 6.45) is 0.563. The lowest BCUT2D eigenvalue weighted by Gasteiger charge is -2.28. The predicted molar refractivity (Wildman–Crippen MR) is 62.2 cm³/mol. The van der Waals surface area contributed by atoms with Crippen LogP contribution >= 0.6 is 15.9 Å². The zero-order valence-electron chi connectivity index (χ0n) is 8.63. The first kappa shape index (κ1) is 12.6. The van der Waals surface area contributed by atoms with Gasteiger partial charge >= 0.3 is 0 Å². The molecule has 0 spiro atoms. The Morgan fingerprint density at radius 2 is 2.20 bits per heavy atom. The second-order valence-corrected chi connectivity index (χ2v) is 4.72. The van der Waals surface area contributed by atoms with Crippen molar-refractivity contribution in [3.05, 3.63) is 34.1 Å². The van der Waals surface area contributed by atoms with Crippen molar-refractivity contribution in [3.63, 3.8) is 0 Å². The smallest absolute Gasteiger partial charge is 0.124 e. The van der Waals surface area contributed by atoms with Crippen molar-refractivity contribution in [3.8, 4) is 0 Å². The molecule has 0 aliphatic rings. The summed E-state index contributed by atoms with van der Waals surface area (Å²) in [7, 11) is 0. The molecule has 1 aromatic rings. The molecular formula is C11H15BrFNO. The lowest BCUT2D eigenvalue weighted by Crippen LogP contribution is -2.33. The third kappa shape index (κ3) is 2.77. The van der Waals surface area contributed by atoms with E-state index < -0.39 is 0 Å². The van der Waals surface area contributed by atoms with Crippen LogP contribution in [0.5, 0.6) is 0 Å². The van der Waals surface area contributed by atoms with Crippen molar-refractivity contribution in [1.82, 2.24) is 0 Å². The number of aliphatic hydroxyl groups is 1. The molecule has 0 fully saturated rings. The Hall–Kier alpha value is -0.450. The van der Waals surface area contributed by atoms with Crippen LogP contribution in [0.4, 0.5) is 4.39 Å². The minimum atomic E-state index is -0.318. The highest BCUT2D eigenvalue weighted by molar-refractivity contribution is 9.10. The van der Waals surface area contributed by atoms with Gasteiger partial charge in [-0.15, -0.1) is 0 Å². The SMILES string of the molecule is CC(CN)(CCO)c1ccc(F)cc1Br. The van der Waals surface area contributed by atoms with Gasteiger partial charge in [-0.1, -0.05) is 28.9 Å². The summed E-state index contributed by atoms with van der Waals surface area (Å²) < 4.78 is 13.6. The van der Waals surface area contributed by atoms with E-state index in [1.807, 2.05) is 6.92 Å². The second-order valence-electron chi connectivity index (χ2n) is 3.86. The summed E-state index contributed by atoms with van der Waals surface area (Å²) in [5, 5.41) is 8.99. The molecule has 1 rings (SSSR count). The summed E-state index contributed by atoms with van der Waals surface area (Å²) in [5.74, 6) is -0.283. The van der Waals surface area contributed by atoms with Crippen LogP contribution in [0, 0.1) is 5.82 Å². The topological polar surface area (TPSA) is 46.2 Å². The maximum absolute atomic E-state index is 12.9. The molecule has 0 saturated heterocycles. The number of nitrogens with two attached hydrogens (primary N) is 1. The number of aliphatic hydroxyl groups excluding tert-OH is 1. The molecule has 0 aliphatic carbocycles. The van der Waals surface area contributed by atoms with Gasteiger partial charge in [0.2, 0.25) is 0 Å². The summed E-state index contributed by atoms with van der Waals surface area (Å²) in [6.45, 7) is 2.44. The first-order valence-corrected chi connectivity index (χ1v) is 5.59. The fraction of sp³-hybridized carbons (Fsp3) is 0.455. The van der Waals surface area contributed by atoms with Gasteiger partial charge in [0.05, 0.1) is 0 Å². The minimum absolute atomic E-state index is 0.0670. The molecule has 1 aromatic carbocycles. The predicted octanol–water partition coefficient (Wildman–Crippen LogP) is 2.19. The second kappa shape index (κ2) is 5.05. The summed E-state index contributed by atoms with van der Waals surface area (Å²) in [5.41, 5.74) is 6.32. The largest absolute Gasteiger partial charge is 0.396 e. The zero-order valence-corrected chi connectivity index (χ0v) is 10.2. The number of benzene rings is 1. The van der Waals surface area contributed by atoms with E-state index >= 15 is 0 Å². The molecule has 1 atom stereocenters. The normalized spacial score (nSPS) is 15.0. The maximum Gasteiger partial charge on any atom is 0.124 e. The Morgan fingerprint density at radius 3 is 2.67 bits per heavy atom. The van der Waals surface area contributed by atoms with Crippen molar-refractivity contribution >= 4 is 15.9 Å². The molecule has 1 unspecified atom stereocenters. The Bertz CT molecular complexity index is 345. The Labute approximate surface area is 97.4 Å². The van der Waals surface area contributed by atoms with E-state index in [2.05, 4.69) is 15.9 Å². The molecule has 0 bridgehead atoms. The molecule has 0 amide bonds. The fourth-order valence-electron chi connectivity index (χ4n) is 1.57. The number of hydrogen-bond acceptors (Lipinski definition) is 2. The van der Waals surface area contributed by atoms with Crippen LogP contribution in [-0.2, 0) is 5.41 Å². The highest BCUT2D eigenvalue weighted by Gasteiger charge is 2.26. The number of halogens is 2. The van der Waals surface area contributed by atoms with Crippen molar-refractivity contribution in [1.29, 1.82) is 0 Å². The standard InChI is InChI=1S/C11H15BrFNO/c1-11(7-14,4-5-15)9-3-2-8(13)6-10(9)12/h2-3,6,15H,4-5,7,14H2,1H3. The van der Waals surface area contributed by atoms with Gasteiger partial charge in [-0.2, -0.15) is 0 Å². The zero-order chi connectivity index (χ0) is 11.5. The monoisotopic (exact) mass is 275 g/mol. The van der Waals surface area contributed by atoms with Crippen LogP contribution in [0.25, 0.3) is 0 Å². The molecule has 84 valence electrons. The van der Waals surface area contributed by atoms with Crippen LogP contribution in [-0.4, -0.2) is 18.3 Å². The van der Waals surface area contributed by atoms with Crippen molar-refractivity contribution < 1.29 is 9.50 Å². The molecule has 15 heavy (non-hydrogen) atoms. The lowest BCUT2D eigenvalue weighted by atomic mass is 9.80. The molecule has 0 aromatic heterocycles. The summed E-state index contributed by atoms with van der Waals surface area (Å²) >= 11 is 3.32. The van der Waals surface area contributed by atoms with Crippen LogP contribution in [0.15, 0.2) is 22.7 Å². The molecular weight excluding hydrogens is 261 g/mol. The van der Waals surface area contributed by atoms with Crippen LogP contribution < -0.4 is 5.73 Å². The number of hydrogen-bond donors (Lipinski definition) is 2. The van der Waals surface area contributed by atoms with Gasteiger partial charge < -0.3 is 10.8 Å². The van der Waals surface area contributed by atoms with Crippen LogP contribution in [0.3, 0.4) is 0 Å². The third-order valence-corrected chi connectivity index (χ3v) is 3.35. The van der Waals surface area contributed by atoms with E-state index in [4.69, 9.17) is 10.8 Å². The lowest BCUT2D eigenvalue weighted by molar-refractivity contribution is 0.246. The highest BCUT2D eigenvalue weighted by Crippen LogP contribution is 2.32. The molecule has 0 aliphatic heterocycles. The molecule has 0 radical (unpaired) electrons. The van der Waals surface area contributed by atoms with E-state index in [0.29, 0.717) is 17.4 Å². The quantitative estimate of drug-likeness (QED) is 0.885. The summed E-state index contributed by atoms with van der Waals surface area (Å²) in [4.78, 5) is 0. The van der Waals surface area contributed by atoms with Crippen LogP contribution in [0.1, 0.15) is 18.9 Å². The van der Waals surface area contributed by atoms with Crippen molar-refractivity contribution in [2.24, 2.45) is 5.73 Å². The Kier molecular flexibility index (Phi) is 4.25. The van der Waals surface area contributed by atoms with Crippen molar-refractivity contribution in [2.75, 3.05) is 13.2 Å². The van der Waals surface area contributed by atoms with Gasteiger partial charge in [-0.3, -0.25) is 0 Å². The average Bonchev–Trinajstić information content (AvgIpc) is 2.17. The van der Waals surface area contributed by atoms with Gasteiger partial charge in [-0.25, -0.2) is 4.39 Å². The van der Waals surface area contributed by atoms with E-state index in [1.165, 1.54) is 12.1 Å². The fourth-order valence-corrected chi connectivity index (χ4v) is 2.40. The van der Waals surface area contributed by atoms with E-state index in [-0.39, 0.29) is 17.8 Å². The van der Waals surface area contributed by atoms with Gasteiger partial charge in [0, 0.05) is 23.0 Å². The minimum Gasteiger partial charge on any atom is -0.396 e. The summed E-state index contributed by atoms with van der Waals surface area (Å²) in [6, 6.07) is 4.54. The number of rotatable bonds is 4. The van der Waals surface area contributed by atoms with Gasteiger partial charge in [0.15, 0.2) is 0 Å².